The molecule has 0 bridgehead atoms. The van der Waals surface area contributed by atoms with Crippen LogP contribution >= 0.6 is 0 Å². The molecule has 0 fully saturated rings. The minimum atomic E-state index is 0.0820. The number of aromatic nitrogens is 6. The molecule has 4 aromatic heterocycles. The molecule has 0 aliphatic rings. The normalized spacial score (nSPS) is 11.4. The third kappa shape index (κ3) is 7.46. The molecular formula is C58H38N6O6. The Kier molecular flexibility index (Phi) is 10.3. The maximum absolute atomic E-state index is 10.4. The van der Waals surface area contributed by atoms with Crippen molar-refractivity contribution in [2.24, 2.45) is 0 Å². The highest BCUT2D eigenvalue weighted by Gasteiger charge is 2.20. The fraction of sp³-hybridized carbons (Fsp3) is 0.0345. The Balaban J connectivity index is 0.000000146. The van der Waals surface area contributed by atoms with Crippen LogP contribution in [0, 0.1) is 0 Å². The Morgan fingerprint density at radius 1 is 0.343 bits per heavy atom. The number of hydrogen-bond donors (Lipinski definition) is 2. The van der Waals surface area contributed by atoms with Crippen LogP contribution in [0.1, 0.15) is 0 Å². The molecule has 0 saturated carbocycles. The van der Waals surface area contributed by atoms with Gasteiger partial charge in [-0.1, -0.05) is 115 Å². The lowest BCUT2D eigenvalue weighted by molar-refractivity contribution is 0.379. The predicted molar refractivity (Wildman–Crippen MR) is 273 cm³/mol. The van der Waals surface area contributed by atoms with Crippen LogP contribution in [0.2, 0.25) is 0 Å². The number of benzene rings is 9. The number of phenols is 2. The van der Waals surface area contributed by atoms with Gasteiger partial charge in [0.1, 0.15) is 33.8 Å². The lowest BCUT2D eigenvalue weighted by atomic mass is 9.97. The van der Waals surface area contributed by atoms with Crippen LogP contribution in [0.5, 0.6) is 23.5 Å². The average Bonchev–Trinajstić information content (AvgIpc) is 3.97. The summed E-state index contributed by atoms with van der Waals surface area (Å²) in [5.74, 6) is 1.69. The molecule has 0 unspecified atom stereocenters. The number of rotatable bonds is 7. The van der Waals surface area contributed by atoms with E-state index in [0.717, 1.165) is 82.3 Å². The maximum atomic E-state index is 10.4. The molecule has 4 heterocycles. The topological polar surface area (TPSA) is 163 Å². The Bertz CT molecular complexity index is 4150. The van der Waals surface area contributed by atoms with Gasteiger partial charge in [0.05, 0.1) is 25.3 Å². The fourth-order valence-electron chi connectivity index (χ4n) is 8.95. The van der Waals surface area contributed by atoms with Crippen molar-refractivity contribution in [2.75, 3.05) is 14.2 Å². The summed E-state index contributed by atoms with van der Waals surface area (Å²) in [4.78, 5) is 27.0. The molecule has 0 aliphatic heterocycles. The molecule has 336 valence electrons. The minimum Gasteiger partial charge on any atom is -0.507 e. The average molecular weight is 915 g/mol. The summed E-state index contributed by atoms with van der Waals surface area (Å²) in [6.07, 6.45) is 0. The van der Waals surface area contributed by atoms with Gasteiger partial charge in [-0.2, -0.15) is 19.9 Å². The van der Waals surface area contributed by atoms with Crippen molar-refractivity contribution in [3.8, 4) is 80.2 Å². The first kappa shape index (κ1) is 41.7. The third-order valence-electron chi connectivity index (χ3n) is 12.3. The van der Waals surface area contributed by atoms with Crippen LogP contribution in [0.25, 0.3) is 122 Å². The number of aromatic hydroxyl groups is 2. The molecule has 12 heteroatoms. The number of hydrogen-bond acceptors (Lipinski definition) is 12. The molecule has 9 aromatic carbocycles. The Morgan fingerprint density at radius 2 is 0.843 bits per heavy atom. The van der Waals surface area contributed by atoms with Gasteiger partial charge in [0.25, 0.3) is 0 Å². The zero-order valence-corrected chi connectivity index (χ0v) is 37.5. The van der Waals surface area contributed by atoms with Gasteiger partial charge < -0.3 is 28.5 Å². The molecule has 0 aliphatic carbocycles. The first-order chi connectivity index (χ1) is 34.4. The van der Waals surface area contributed by atoms with E-state index in [1.165, 1.54) is 19.6 Å². The van der Waals surface area contributed by atoms with Gasteiger partial charge in [0.2, 0.25) is 0 Å². The number of furan rings is 2. The van der Waals surface area contributed by atoms with E-state index in [1.807, 2.05) is 78.9 Å². The molecule has 0 radical (unpaired) electrons. The highest BCUT2D eigenvalue weighted by Crippen LogP contribution is 2.42. The smallest absolute Gasteiger partial charge is 0.320 e. The molecule has 2 N–H and O–H groups in total. The maximum Gasteiger partial charge on any atom is 0.320 e. The van der Waals surface area contributed by atoms with Crippen LogP contribution in [-0.2, 0) is 0 Å². The minimum absolute atomic E-state index is 0.0820. The van der Waals surface area contributed by atoms with Gasteiger partial charge in [-0.25, -0.2) is 9.97 Å². The highest BCUT2D eigenvalue weighted by atomic mass is 16.5. The van der Waals surface area contributed by atoms with Gasteiger partial charge in [0.15, 0.2) is 23.3 Å². The first-order valence-corrected chi connectivity index (χ1v) is 22.3. The van der Waals surface area contributed by atoms with E-state index in [1.54, 1.807) is 36.4 Å². The van der Waals surface area contributed by atoms with Crippen molar-refractivity contribution in [1.82, 2.24) is 29.9 Å². The number of methoxy groups -OCH3 is 2. The summed E-state index contributed by atoms with van der Waals surface area (Å²) in [5.41, 5.74) is 7.91. The molecule has 13 aromatic rings. The summed E-state index contributed by atoms with van der Waals surface area (Å²) in [7, 11) is 3.01. The number of nitrogens with zero attached hydrogens (tertiary/aromatic N) is 6. The second-order valence-corrected chi connectivity index (χ2v) is 16.5. The fourth-order valence-corrected chi connectivity index (χ4v) is 8.95. The van der Waals surface area contributed by atoms with E-state index >= 15 is 0 Å². The monoisotopic (exact) mass is 914 g/mol. The zero-order chi connectivity index (χ0) is 47.3. The van der Waals surface area contributed by atoms with E-state index in [2.05, 4.69) is 91.6 Å². The van der Waals surface area contributed by atoms with Crippen molar-refractivity contribution in [3.05, 3.63) is 182 Å². The van der Waals surface area contributed by atoms with Gasteiger partial charge in [0, 0.05) is 32.7 Å². The standard InChI is InChI=1S/C32H21N3O3.C26H17N3O3/c1-37-32-34-30(23-13-7-8-14-26(23)36)33-31(35-32)25-18-28-29(22-12-6-5-11-21(22)25)24-16-15-20(17-27(24)38-28)19-9-3-2-4-10-19;1-31-26-28-24(27-25(29-26)19-8-4-5-9-21(19)30)17-10-11-18-20-12-15-6-2-3-7-16(15)13-23(20)32-22(18)14-17/h2-18,36H,1H3;2-14,30H,1H3. The third-order valence-corrected chi connectivity index (χ3v) is 12.3. The van der Waals surface area contributed by atoms with E-state index in [9.17, 15) is 10.2 Å². The first-order valence-electron chi connectivity index (χ1n) is 22.3. The van der Waals surface area contributed by atoms with E-state index in [4.69, 9.17) is 23.3 Å². The largest absolute Gasteiger partial charge is 0.507 e. The number of para-hydroxylation sites is 2. The summed E-state index contributed by atoms with van der Waals surface area (Å²) >= 11 is 0. The van der Waals surface area contributed by atoms with Crippen LogP contribution in [0.15, 0.2) is 191 Å². The Labute approximate surface area is 398 Å². The van der Waals surface area contributed by atoms with E-state index in [0.29, 0.717) is 34.4 Å². The van der Waals surface area contributed by atoms with Crippen molar-refractivity contribution in [1.29, 1.82) is 0 Å². The van der Waals surface area contributed by atoms with Crippen molar-refractivity contribution < 1.29 is 28.5 Å². The van der Waals surface area contributed by atoms with Crippen LogP contribution in [0.3, 0.4) is 0 Å². The van der Waals surface area contributed by atoms with Gasteiger partial charge in [-0.3, -0.25) is 0 Å². The predicted octanol–water partition coefficient (Wildman–Crippen LogP) is 13.6. The Morgan fingerprint density at radius 3 is 1.53 bits per heavy atom. The van der Waals surface area contributed by atoms with Crippen LogP contribution in [-0.4, -0.2) is 54.3 Å². The van der Waals surface area contributed by atoms with Crippen LogP contribution in [0.4, 0.5) is 0 Å². The second kappa shape index (κ2) is 17.2. The number of phenolic OH excluding ortho intramolecular Hbond substituents is 2. The molecule has 13 rings (SSSR count). The highest BCUT2D eigenvalue weighted by molar-refractivity contribution is 6.22. The van der Waals surface area contributed by atoms with Gasteiger partial charge >= 0.3 is 12.0 Å². The quantitative estimate of drug-likeness (QED) is 0.156. The second-order valence-electron chi connectivity index (χ2n) is 16.5. The summed E-state index contributed by atoms with van der Waals surface area (Å²) in [6.45, 7) is 0. The molecule has 0 spiro atoms. The molecule has 12 nitrogen and oxygen atoms in total. The lowest BCUT2D eigenvalue weighted by Crippen LogP contribution is -2.01. The molecule has 0 amide bonds. The summed E-state index contributed by atoms with van der Waals surface area (Å²) in [5, 5.41) is 29.2. The van der Waals surface area contributed by atoms with E-state index < -0.39 is 0 Å². The van der Waals surface area contributed by atoms with Crippen LogP contribution < -0.4 is 9.47 Å². The van der Waals surface area contributed by atoms with Gasteiger partial charge in [-0.05, 0) is 99.4 Å². The van der Waals surface area contributed by atoms with Crippen molar-refractivity contribution >= 4 is 65.4 Å². The summed E-state index contributed by atoms with van der Waals surface area (Å²) in [6, 6.07) is 59.2. The lowest BCUT2D eigenvalue weighted by Gasteiger charge is -2.10. The molecular weight excluding hydrogens is 877 g/mol. The van der Waals surface area contributed by atoms with Crippen molar-refractivity contribution in [3.63, 3.8) is 0 Å². The number of fused-ring (bicyclic) bond motifs is 9. The zero-order valence-electron chi connectivity index (χ0n) is 37.5. The van der Waals surface area contributed by atoms with E-state index in [-0.39, 0.29) is 23.5 Å². The molecule has 0 atom stereocenters. The molecule has 70 heavy (non-hydrogen) atoms. The number of ether oxygens (including phenoxy) is 2. The van der Waals surface area contributed by atoms with Crippen molar-refractivity contribution in [2.45, 2.75) is 0 Å². The molecule has 0 saturated heterocycles. The Hall–Kier alpha value is -9.68. The summed E-state index contributed by atoms with van der Waals surface area (Å²) < 4.78 is 23.3. The van der Waals surface area contributed by atoms with Gasteiger partial charge in [-0.15, -0.1) is 0 Å². The SMILES string of the molecule is COc1nc(-c2ccc3c(c2)oc2cc4ccccc4cc23)nc(-c2ccccc2O)n1.COc1nc(-c2ccccc2O)nc(-c2cc3oc4cc(-c5ccccc5)ccc4c3c3ccccc23)n1.